The third-order valence-electron chi connectivity index (χ3n) is 11.2. The largest absolute Gasteiger partial charge is 0.467 e. The zero-order valence-corrected chi connectivity index (χ0v) is 42.5. The minimum atomic E-state index is -1.25. The number of nitrogens with one attached hydrogen (secondary N) is 7. The van der Waals surface area contributed by atoms with E-state index >= 15 is 0 Å². The number of carbonyl (C=O) groups is 8. The summed E-state index contributed by atoms with van der Waals surface area (Å²) >= 11 is 5.43. The van der Waals surface area contributed by atoms with E-state index in [1.807, 2.05) is 127 Å². The Morgan fingerprint density at radius 3 is 1.42 bits per heavy atom. The second kappa shape index (κ2) is 30.9. The van der Waals surface area contributed by atoms with Crippen molar-refractivity contribution in [3.63, 3.8) is 0 Å². The number of thioether (sulfide) groups is 1. The van der Waals surface area contributed by atoms with Crippen LogP contribution in [0.4, 0.5) is 9.59 Å². The van der Waals surface area contributed by atoms with Crippen LogP contribution >= 0.6 is 24.4 Å². The molecule has 7 amide bonds. The Morgan fingerprint density at radius 1 is 0.500 bits per heavy atom. The molecule has 5 aromatic carbocycles. The van der Waals surface area contributed by atoms with Gasteiger partial charge in [-0.05, 0) is 47.1 Å². The third-order valence-corrected chi connectivity index (χ3v) is 13.2. The van der Waals surface area contributed by atoms with E-state index in [1.54, 1.807) is 24.3 Å². The van der Waals surface area contributed by atoms with Gasteiger partial charge in [-0.2, -0.15) is 12.6 Å². The molecule has 390 valence electrons. The number of unbranched alkanes of at least 4 members (excludes halogenated alkanes) is 1. The van der Waals surface area contributed by atoms with Gasteiger partial charge in [0.2, 0.25) is 29.5 Å². The predicted octanol–water partition coefficient (Wildman–Crippen LogP) is 4.52. The van der Waals surface area contributed by atoms with Crippen LogP contribution in [0.3, 0.4) is 0 Å². The summed E-state index contributed by atoms with van der Waals surface area (Å²) in [6, 6.07) is 43.9. The van der Waals surface area contributed by atoms with Crippen molar-refractivity contribution in [3.05, 3.63) is 179 Å². The molecule has 74 heavy (non-hydrogen) atoms. The molecule has 0 saturated heterocycles. The molecule has 3 unspecified atom stereocenters. The number of amides is 7. The minimum absolute atomic E-state index is 0.00376. The first-order chi connectivity index (χ1) is 35.9. The molecule has 0 fully saturated rings. The maximum atomic E-state index is 14.2. The summed E-state index contributed by atoms with van der Waals surface area (Å²) < 4.78 is 14.5. The number of hydrogen-bond donors (Lipinski definition) is 8. The molecule has 7 N–H and O–H groups in total. The number of hydrogen-bond acceptors (Lipinski definition) is 13. The van der Waals surface area contributed by atoms with Crippen LogP contribution in [-0.2, 0) is 60.9 Å². The van der Waals surface area contributed by atoms with Gasteiger partial charge in [0.15, 0.2) is 0 Å². The van der Waals surface area contributed by atoms with Crippen molar-refractivity contribution in [3.8, 4) is 0 Å². The normalized spacial score (nSPS) is 12.0. The number of methoxy groups -OCH3 is 1. The summed E-state index contributed by atoms with van der Waals surface area (Å²) in [5, 5.41) is 17.8. The lowest BCUT2D eigenvalue weighted by Crippen LogP contribution is -2.54. The lowest BCUT2D eigenvalue weighted by atomic mass is 9.84. The van der Waals surface area contributed by atoms with E-state index in [-0.39, 0.29) is 37.7 Å². The highest BCUT2D eigenvalue weighted by Gasteiger charge is 2.39. The first-order valence-corrected chi connectivity index (χ1v) is 25.4. The summed E-state index contributed by atoms with van der Waals surface area (Å²) in [5.74, 6) is -4.47. The lowest BCUT2D eigenvalue weighted by Gasteiger charge is -2.36. The van der Waals surface area contributed by atoms with Crippen LogP contribution in [0.5, 0.6) is 0 Å². The Morgan fingerprint density at radius 2 is 0.932 bits per heavy atom. The topological polar surface area (TPSA) is 248 Å². The molecule has 18 nitrogen and oxygen atoms in total. The van der Waals surface area contributed by atoms with E-state index < -0.39 is 90.2 Å². The van der Waals surface area contributed by atoms with Crippen molar-refractivity contribution in [2.75, 3.05) is 44.8 Å². The number of alkyl carbamates (subject to hydrolysis) is 2. The van der Waals surface area contributed by atoms with E-state index in [0.717, 1.165) is 34.9 Å². The van der Waals surface area contributed by atoms with E-state index in [1.165, 1.54) is 11.8 Å². The molecule has 0 bridgehead atoms. The Bertz CT molecular complexity index is 2490. The molecule has 0 aliphatic heterocycles. The zero-order chi connectivity index (χ0) is 53.0. The predicted molar refractivity (Wildman–Crippen MR) is 282 cm³/mol. The summed E-state index contributed by atoms with van der Waals surface area (Å²) in [7, 11) is 1.15. The molecule has 5 aromatic rings. The van der Waals surface area contributed by atoms with Crippen molar-refractivity contribution < 1.29 is 52.6 Å². The summed E-state index contributed by atoms with van der Waals surface area (Å²) in [5.41, 5.74) is 4.28. The Labute approximate surface area is 439 Å². The fourth-order valence-electron chi connectivity index (χ4n) is 7.41. The lowest BCUT2D eigenvalue weighted by molar-refractivity contribution is -0.144. The third kappa shape index (κ3) is 18.6. The van der Waals surface area contributed by atoms with Crippen molar-refractivity contribution in [1.82, 2.24) is 37.2 Å². The molecule has 0 radical (unpaired) electrons. The Hall–Kier alpha value is -7.84. The number of carbonyl (C=O) groups excluding carboxylic acids is 8. The Balaban J connectivity index is 1.27. The van der Waals surface area contributed by atoms with Gasteiger partial charge < -0.3 is 51.4 Å². The molecule has 0 aliphatic carbocycles. The van der Waals surface area contributed by atoms with Crippen LogP contribution in [0.15, 0.2) is 152 Å². The van der Waals surface area contributed by atoms with Crippen molar-refractivity contribution >= 4 is 72.1 Å². The highest BCUT2D eigenvalue weighted by molar-refractivity contribution is 8.00. The second-order valence-electron chi connectivity index (χ2n) is 16.5. The molecule has 5 rings (SSSR count). The fraction of sp³-hybridized carbons (Fsp3) is 0.296. The average molecular weight is 1050 g/mol. The van der Waals surface area contributed by atoms with Crippen molar-refractivity contribution in [2.24, 2.45) is 0 Å². The quantitative estimate of drug-likeness (QED) is 0.0113. The minimum Gasteiger partial charge on any atom is -0.467 e. The smallest absolute Gasteiger partial charge is 0.408 e. The van der Waals surface area contributed by atoms with E-state index in [0.29, 0.717) is 12.8 Å². The summed E-state index contributed by atoms with van der Waals surface area (Å²) in [4.78, 5) is 104. The number of esters is 1. The molecular formula is C54H61N7O11S2. The number of benzene rings is 5. The van der Waals surface area contributed by atoms with Gasteiger partial charge in [0.25, 0.3) is 0 Å². The molecule has 0 aliphatic rings. The first-order valence-electron chi connectivity index (χ1n) is 23.7. The van der Waals surface area contributed by atoms with Crippen LogP contribution in [0.2, 0.25) is 0 Å². The van der Waals surface area contributed by atoms with Gasteiger partial charge in [0, 0.05) is 18.1 Å². The molecule has 0 spiro atoms. The van der Waals surface area contributed by atoms with Gasteiger partial charge in [0.1, 0.15) is 31.3 Å². The Kier molecular flexibility index (Phi) is 23.8. The van der Waals surface area contributed by atoms with Gasteiger partial charge in [0.05, 0.1) is 31.5 Å². The van der Waals surface area contributed by atoms with Gasteiger partial charge in [-0.25, -0.2) is 14.4 Å². The maximum absolute atomic E-state index is 14.2. The molecule has 0 heterocycles. The van der Waals surface area contributed by atoms with Gasteiger partial charge in [-0.3, -0.25) is 24.0 Å². The number of thiol groups is 1. The van der Waals surface area contributed by atoms with Crippen LogP contribution in [0.25, 0.3) is 0 Å². The SMILES string of the molecule is COC(=O)C(CS)NC(=O)CNC(=O)CNC(=O)C(CCCCNC(=O)OCc1ccccc1)NC(=O)CNC(=O)C(CSC(c1ccccc1)(c1ccccc1)c1ccccc1)NC(=O)OCc1ccccc1. The molecule has 0 aromatic heterocycles. The average Bonchev–Trinajstić information content (AvgIpc) is 3.44. The van der Waals surface area contributed by atoms with Crippen molar-refractivity contribution in [2.45, 2.75) is 55.3 Å². The van der Waals surface area contributed by atoms with Gasteiger partial charge in [-0.15, -0.1) is 11.8 Å². The van der Waals surface area contributed by atoms with E-state index in [4.69, 9.17) is 9.47 Å². The molecular weight excluding hydrogens is 987 g/mol. The fourth-order valence-corrected chi connectivity index (χ4v) is 9.21. The number of ether oxygens (including phenoxy) is 3. The molecule has 3 atom stereocenters. The van der Waals surface area contributed by atoms with Crippen LogP contribution in [-0.4, -0.2) is 111 Å². The monoisotopic (exact) mass is 1050 g/mol. The number of rotatable bonds is 28. The van der Waals surface area contributed by atoms with Gasteiger partial charge >= 0.3 is 18.2 Å². The van der Waals surface area contributed by atoms with Crippen LogP contribution in [0, 0.1) is 0 Å². The van der Waals surface area contributed by atoms with E-state index in [9.17, 15) is 38.4 Å². The standard InChI is InChI=1S/C54H61N7O11S2/c1-70-51(67)44(36-73)60-47(63)32-56-46(62)31-57-49(65)43(29-17-18-30-55-52(68)71-34-38-19-7-2-8-20-38)59-48(64)33-58-50(66)45(61-53(69)72-35-39-21-9-3-10-22-39)37-74-54(40-23-11-4-12-24-40,41-25-13-5-14-26-41)42-27-15-6-16-28-42/h2-16,19-28,43-45,73H,17-18,29-37H2,1H3,(H,55,68)(H,56,62)(H,57,65)(H,58,66)(H,59,64)(H,60,63)(H,61,69). The van der Waals surface area contributed by atoms with E-state index in [2.05, 4.69) is 54.6 Å². The van der Waals surface area contributed by atoms with Crippen LogP contribution < -0.4 is 37.2 Å². The highest BCUT2D eigenvalue weighted by atomic mass is 32.2. The first kappa shape index (κ1) is 57.1. The maximum Gasteiger partial charge on any atom is 0.408 e. The second-order valence-corrected chi connectivity index (χ2v) is 18.1. The highest BCUT2D eigenvalue weighted by Crippen LogP contribution is 2.48. The van der Waals surface area contributed by atoms with Gasteiger partial charge in [-0.1, -0.05) is 152 Å². The summed E-state index contributed by atoms with van der Waals surface area (Å²) in [6.45, 7) is -1.54. The molecule has 20 heteroatoms. The van der Waals surface area contributed by atoms with Crippen molar-refractivity contribution in [1.29, 1.82) is 0 Å². The zero-order valence-electron chi connectivity index (χ0n) is 40.8. The summed E-state index contributed by atoms with van der Waals surface area (Å²) in [6.07, 6.45) is -0.786. The molecule has 0 saturated carbocycles. The van der Waals surface area contributed by atoms with Crippen LogP contribution in [0.1, 0.15) is 47.1 Å².